The number of nitrogens with zero attached hydrogens (tertiary/aromatic N) is 5. The molecule has 1 aliphatic rings. The van der Waals surface area contributed by atoms with Gasteiger partial charge in [0.15, 0.2) is 0 Å². The van der Waals surface area contributed by atoms with Gasteiger partial charge in [-0.2, -0.15) is 39.5 Å². The summed E-state index contributed by atoms with van der Waals surface area (Å²) in [4.78, 5) is 26.0. The highest BCUT2D eigenvalue weighted by atomic mass is 19.4. The van der Waals surface area contributed by atoms with E-state index < -0.39 is 60.0 Å². The molecule has 5 rings (SSSR count). The monoisotopic (exact) mass is 741 g/mol. The summed E-state index contributed by atoms with van der Waals surface area (Å²) in [5.41, 5.74) is -3.72. The molecule has 2 heterocycles. The number of amides is 1. The van der Waals surface area contributed by atoms with Crippen LogP contribution in [0.5, 0.6) is 0 Å². The van der Waals surface area contributed by atoms with Crippen molar-refractivity contribution in [2.75, 3.05) is 47.5 Å². The van der Waals surface area contributed by atoms with Gasteiger partial charge in [-0.05, 0) is 60.0 Å². The highest BCUT2D eigenvalue weighted by Gasteiger charge is 2.37. The number of hydrogen-bond donors (Lipinski definition) is 0. The van der Waals surface area contributed by atoms with Gasteiger partial charge in [0.1, 0.15) is 6.61 Å². The molecule has 0 aliphatic carbocycles. The SMILES string of the molecule is CCN(C(=O)OCc1ccccc1)c1ccc(C(F)(F)F)cc1CN(Cc1cc(C(F)(F)F)cc(C(F)(F)F)c1)c1ncc(N2CCOCC2)cn1. The van der Waals surface area contributed by atoms with Gasteiger partial charge in [0.2, 0.25) is 5.95 Å². The van der Waals surface area contributed by atoms with Crippen LogP contribution in [-0.2, 0) is 47.7 Å². The molecule has 17 heteroatoms. The van der Waals surface area contributed by atoms with E-state index in [1.54, 1.807) is 37.3 Å². The zero-order chi connectivity index (χ0) is 37.7. The molecule has 1 saturated heterocycles. The average Bonchev–Trinajstić information content (AvgIpc) is 3.11. The molecule has 0 radical (unpaired) electrons. The number of hydrogen-bond acceptors (Lipinski definition) is 7. The van der Waals surface area contributed by atoms with E-state index in [9.17, 15) is 44.3 Å². The third kappa shape index (κ3) is 9.63. The number of benzene rings is 3. The van der Waals surface area contributed by atoms with E-state index in [2.05, 4.69) is 9.97 Å². The largest absolute Gasteiger partial charge is 0.444 e. The molecule has 0 N–H and O–H groups in total. The fourth-order valence-corrected chi connectivity index (χ4v) is 5.54. The van der Waals surface area contributed by atoms with Crippen molar-refractivity contribution in [2.45, 2.75) is 45.1 Å². The summed E-state index contributed by atoms with van der Waals surface area (Å²) < 4.78 is 135. The Hall–Kier alpha value is -5.06. The topological polar surface area (TPSA) is 71.0 Å². The van der Waals surface area contributed by atoms with Crippen molar-refractivity contribution in [3.05, 3.63) is 113 Å². The number of anilines is 3. The summed E-state index contributed by atoms with van der Waals surface area (Å²) in [6.07, 6.45) is -13.3. The van der Waals surface area contributed by atoms with Gasteiger partial charge < -0.3 is 19.3 Å². The Labute approximate surface area is 292 Å². The lowest BCUT2D eigenvalue weighted by molar-refractivity contribution is -0.143. The van der Waals surface area contributed by atoms with E-state index in [1.165, 1.54) is 12.4 Å². The van der Waals surface area contributed by atoms with Crippen molar-refractivity contribution in [3.8, 4) is 0 Å². The number of carbonyl (C=O) groups is 1. The molecule has 0 unspecified atom stereocenters. The van der Waals surface area contributed by atoms with Crippen LogP contribution < -0.4 is 14.7 Å². The van der Waals surface area contributed by atoms with E-state index in [1.807, 2.05) is 4.90 Å². The molecule has 0 bridgehead atoms. The molecular weight excluding hydrogens is 709 g/mol. The maximum Gasteiger partial charge on any atom is 0.416 e. The molecule has 8 nitrogen and oxygen atoms in total. The van der Waals surface area contributed by atoms with Gasteiger partial charge in [-0.25, -0.2) is 14.8 Å². The zero-order valence-corrected chi connectivity index (χ0v) is 27.5. The second kappa shape index (κ2) is 15.7. The molecule has 1 aliphatic heterocycles. The third-order valence-electron chi connectivity index (χ3n) is 8.11. The van der Waals surface area contributed by atoms with Gasteiger partial charge >= 0.3 is 24.6 Å². The fraction of sp³-hybridized carbons (Fsp3) is 0.343. The number of alkyl halides is 9. The third-order valence-corrected chi connectivity index (χ3v) is 8.11. The Morgan fingerprint density at radius 2 is 1.37 bits per heavy atom. The first-order chi connectivity index (χ1) is 24.5. The molecule has 1 amide bonds. The Morgan fingerprint density at radius 3 is 1.92 bits per heavy atom. The Balaban J connectivity index is 1.57. The Kier molecular flexibility index (Phi) is 11.5. The number of ether oxygens (including phenoxy) is 2. The van der Waals surface area contributed by atoms with Crippen molar-refractivity contribution in [2.24, 2.45) is 0 Å². The number of aromatic nitrogens is 2. The summed E-state index contributed by atoms with van der Waals surface area (Å²) >= 11 is 0. The summed E-state index contributed by atoms with van der Waals surface area (Å²) in [5.74, 6) is -0.207. The van der Waals surface area contributed by atoms with E-state index in [-0.39, 0.29) is 36.4 Å². The van der Waals surface area contributed by atoms with Crippen LogP contribution in [0.25, 0.3) is 0 Å². The van der Waals surface area contributed by atoms with Crippen LogP contribution in [0, 0.1) is 0 Å². The minimum atomic E-state index is -5.15. The van der Waals surface area contributed by atoms with E-state index in [0.717, 1.165) is 28.0 Å². The standard InChI is InChI=1S/C35H32F9N5O3/c1-2-49(32(50)52-22-23-6-4-3-5-7-23)30-9-8-26(33(36,37)38)16-25(30)21-48(31-45-18-29(19-46-31)47-10-12-51-13-11-47)20-24-14-27(34(39,40)41)17-28(15-24)35(42,43)44/h3-9,14-19H,2,10-13,20-22H2,1H3. The first-order valence-corrected chi connectivity index (χ1v) is 15.9. The molecule has 52 heavy (non-hydrogen) atoms. The van der Waals surface area contributed by atoms with Gasteiger partial charge in [0.05, 0.1) is 53.7 Å². The van der Waals surface area contributed by atoms with E-state index in [4.69, 9.17) is 9.47 Å². The maximum atomic E-state index is 14.0. The number of rotatable bonds is 10. The summed E-state index contributed by atoms with van der Waals surface area (Å²) in [6, 6.07) is 12.2. The van der Waals surface area contributed by atoms with Crippen LogP contribution in [0.3, 0.4) is 0 Å². The minimum absolute atomic E-state index is 0.0213. The maximum absolute atomic E-state index is 14.0. The van der Waals surface area contributed by atoms with Gasteiger partial charge in [-0.3, -0.25) is 4.90 Å². The molecule has 1 fully saturated rings. The number of halogens is 9. The summed E-state index contributed by atoms with van der Waals surface area (Å²) in [5, 5.41) is 0. The molecule has 0 spiro atoms. The molecule has 1 aromatic heterocycles. The lowest BCUT2D eigenvalue weighted by Crippen LogP contribution is -2.36. The molecule has 278 valence electrons. The lowest BCUT2D eigenvalue weighted by atomic mass is 10.0. The van der Waals surface area contributed by atoms with Crippen LogP contribution in [0.2, 0.25) is 0 Å². The normalized spacial score (nSPS) is 13.9. The van der Waals surface area contributed by atoms with Crippen molar-refractivity contribution in [3.63, 3.8) is 0 Å². The molecule has 3 aromatic carbocycles. The van der Waals surface area contributed by atoms with Crippen LogP contribution in [0.4, 0.5) is 61.6 Å². The van der Waals surface area contributed by atoms with Crippen molar-refractivity contribution in [1.29, 1.82) is 0 Å². The van der Waals surface area contributed by atoms with E-state index >= 15 is 0 Å². The van der Waals surface area contributed by atoms with Crippen LogP contribution in [0.1, 0.15) is 40.3 Å². The molecule has 4 aromatic rings. The Bertz CT molecular complexity index is 1780. The predicted molar refractivity (Wildman–Crippen MR) is 172 cm³/mol. The number of morpholine rings is 1. The minimum Gasteiger partial charge on any atom is -0.444 e. The predicted octanol–water partition coefficient (Wildman–Crippen LogP) is 8.74. The second-order valence-corrected chi connectivity index (χ2v) is 11.7. The summed E-state index contributed by atoms with van der Waals surface area (Å²) in [6.45, 7) is 1.90. The first kappa shape index (κ1) is 38.2. The van der Waals surface area contributed by atoms with Crippen molar-refractivity contribution in [1.82, 2.24) is 9.97 Å². The summed E-state index contributed by atoms with van der Waals surface area (Å²) in [7, 11) is 0. The average molecular weight is 742 g/mol. The fourth-order valence-electron chi connectivity index (χ4n) is 5.54. The van der Waals surface area contributed by atoms with Crippen LogP contribution in [-0.4, -0.2) is 48.9 Å². The number of carbonyl (C=O) groups excluding carboxylic acids is 1. The van der Waals surface area contributed by atoms with Gasteiger partial charge in [-0.15, -0.1) is 0 Å². The molecule has 0 saturated carbocycles. The van der Waals surface area contributed by atoms with Gasteiger partial charge in [-0.1, -0.05) is 30.3 Å². The quantitative estimate of drug-likeness (QED) is 0.151. The van der Waals surface area contributed by atoms with Gasteiger partial charge in [0, 0.05) is 32.7 Å². The smallest absolute Gasteiger partial charge is 0.416 e. The van der Waals surface area contributed by atoms with Crippen LogP contribution in [0.15, 0.2) is 79.1 Å². The van der Waals surface area contributed by atoms with Crippen LogP contribution >= 0.6 is 0 Å². The van der Waals surface area contributed by atoms with Crippen molar-refractivity contribution < 1.29 is 53.8 Å². The van der Waals surface area contributed by atoms with E-state index in [0.29, 0.717) is 49.7 Å². The second-order valence-electron chi connectivity index (χ2n) is 11.7. The van der Waals surface area contributed by atoms with Crippen molar-refractivity contribution >= 4 is 23.4 Å². The highest BCUT2D eigenvalue weighted by molar-refractivity contribution is 5.88. The van der Waals surface area contributed by atoms with Gasteiger partial charge in [0.25, 0.3) is 0 Å². The Morgan fingerprint density at radius 1 is 0.769 bits per heavy atom. The first-order valence-electron chi connectivity index (χ1n) is 15.9. The molecule has 0 atom stereocenters. The highest BCUT2D eigenvalue weighted by Crippen LogP contribution is 2.38. The lowest BCUT2D eigenvalue weighted by Gasteiger charge is -2.30. The zero-order valence-electron chi connectivity index (χ0n) is 27.5. The molecular formula is C35H32F9N5O3.